The van der Waals surface area contributed by atoms with Gasteiger partial charge in [0, 0.05) is 0 Å². The summed E-state index contributed by atoms with van der Waals surface area (Å²) in [6.45, 7) is 7.13. The summed E-state index contributed by atoms with van der Waals surface area (Å²) in [7, 11) is 0. The van der Waals surface area contributed by atoms with E-state index in [1.165, 1.54) is 25.7 Å². The molecule has 0 heteroatoms. The maximum atomic E-state index is 2.42. The Bertz CT molecular complexity index is 270. The second kappa shape index (κ2) is 3.92. The molecule has 0 heterocycles. The van der Waals surface area contributed by atoms with E-state index in [4.69, 9.17) is 0 Å². The normalized spacial score (nSPS) is 38.1. The molecular formula is C14H22. The van der Waals surface area contributed by atoms with E-state index in [9.17, 15) is 0 Å². The molecule has 2 aliphatic rings. The summed E-state index contributed by atoms with van der Waals surface area (Å²) in [5, 5.41) is 0. The second-order valence-electron chi connectivity index (χ2n) is 5.20. The minimum Gasteiger partial charge on any atom is -0.0848 e. The highest BCUT2D eigenvalue weighted by Gasteiger charge is 2.24. The highest BCUT2D eigenvalue weighted by molar-refractivity contribution is 5.27. The van der Waals surface area contributed by atoms with Crippen molar-refractivity contribution in [1.82, 2.24) is 0 Å². The Morgan fingerprint density at radius 3 is 2.64 bits per heavy atom. The van der Waals surface area contributed by atoms with E-state index in [1.807, 2.05) is 0 Å². The van der Waals surface area contributed by atoms with Crippen molar-refractivity contribution in [2.24, 2.45) is 17.8 Å². The van der Waals surface area contributed by atoms with Crippen molar-refractivity contribution in [2.75, 3.05) is 0 Å². The summed E-state index contributed by atoms with van der Waals surface area (Å²) in [4.78, 5) is 0. The van der Waals surface area contributed by atoms with Gasteiger partial charge in [-0.2, -0.15) is 0 Å². The van der Waals surface area contributed by atoms with Crippen LogP contribution in [0.3, 0.4) is 0 Å². The van der Waals surface area contributed by atoms with Crippen molar-refractivity contribution in [3.8, 4) is 0 Å². The van der Waals surface area contributed by atoms with Crippen LogP contribution in [0.1, 0.15) is 46.5 Å². The molecule has 0 radical (unpaired) electrons. The van der Waals surface area contributed by atoms with Gasteiger partial charge in [0.1, 0.15) is 0 Å². The van der Waals surface area contributed by atoms with Crippen LogP contribution >= 0.6 is 0 Å². The van der Waals surface area contributed by atoms with Crippen LogP contribution in [0, 0.1) is 17.8 Å². The van der Waals surface area contributed by atoms with Crippen molar-refractivity contribution in [3.05, 3.63) is 23.3 Å². The van der Waals surface area contributed by atoms with Gasteiger partial charge in [0.2, 0.25) is 0 Å². The molecule has 2 rings (SSSR count). The lowest BCUT2D eigenvalue weighted by molar-refractivity contribution is 0.485. The summed E-state index contributed by atoms with van der Waals surface area (Å²) < 4.78 is 0. The molecule has 0 saturated heterocycles. The third-order valence-corrected chi connectivity index (χ3v) is 3.91. The number of hydrogen-bond acceptors (Lipinski definition) is 0. The Morgan fingerprint density at radius 2 is 1.86 bits per heavy atom. The van der Waals surface area contributed by atoms with Crippen molar-refractivity contribution in [2.45, 2.75) is 46.5 Å². The van der Waals surface area contributed by atoms with E-state index in [0.29, 0.717) is 5.92 Å². The fourth-order valence-corrected chi connectivity index (χ4v) is 2.99. The lowest BCUT2D eigenvalue weighted by Crippen LogP contribution is -2.13. The molecule has 78 valence electrons. The van der Waals surface area contributed by atoms with Gasteiger partial charge in [0.05, 0.1) is 0 Å². The van der Waals surface area contributed by atoms with Crippen molar-refractivity contribution >= 4 is 0 Å². The molecule has 0 aromatic carbocycles. The molecule has 0 amide bonds. The summed E-state index contributed by atoms with van der Waals surface area (Å²) in [6.07, 6.45) is 10.3. The fraction of sp³-hybridized carbons (Fsp3) is 0.714. The Hall–Kier alpha value is -0.520. The molecule has 0 N–H and O–H groups in total. The van der Waals surface area contributed by atoms with E-state index < -0.39 is 0 Å². The van der Waals surface area contributed by atoms with Gasteiger partial charge in [-0.3, -0.25) is 0 Å². The van der Waals surface area contributed by atoms with E-state index >= 15 is 0 Å². The summed E-state index contributed by atoms with van der Waals surface area (Å²) >= 11 is 0. The van der Waals surface area contributed by atoms with Gasteiger partial charge in [-0.1, -0.05) is 44.1 Å². The topological polar surface area (TPSA) is 0 Å². The first-order valence-corrected chi connectivity index (χ1v) is 6.08. The zero-order valence-electron chi connectivity index (χ0n) is 9.72. The van der Waals surface area contributed by atoms with Gasteiger partial charge in [-0.05, 0) is 43.4 Å². The molecule has 3 atom stereocenters. The van der Waals surface area contributed by atoms with Crippen LogP contribution in [0.4, 0.5) is 0 Å². The smallest absolute Gasteiger partial charge is 0.00488 e. The van der Waals surface area contributed by atoms with Crippen molar-refractivity contribution in [3.63, 3.8) is 0 Å². The van der Waals surface area contributed by atoms with Gasteiger partial charge in [-0.25, -0.2) is 0 Å². The van der Waals surface area contributed by atoms with Gasteiger partial charge in [-0.15, -0.1) is 0 Å². The first-order chi connectivity index (χ1) is 6.68. The zero-order valence-corrected chi connectivity index (χ0v) is 9.72. The molecule has 0 saturated carbocycles. The molecule has 0 fully saturated rings. The predicted molar refractivity (Wildman–Crippen MR) is 62.1 cm³/mol. The quantitative estimate of drug-likeness (QED) is 0.499. The standard InChI is InChI=1S/C14H22/c1-10-7-8-12(3)13-6-4-5-11(2)14(13)9-10/h7-8,10-12H,4-6,9H2,1-3H3. The number of rotatable bonds is 0. The Kier molecular flexibility index (Phi) is 2.80. The third kappa shape index (κ3) is 1.80. The first-order valence-electron chi connectivity index (χ1n) is 6.08. The van der Waals surface area contributed by atoms with E-state index in [0.717, 1.165) is 11.8 Å². The van der Waals surface area contributed by atoms with E-state index in [2.05, 4.69) is 32.9 Å². The minimum atomic E-state index is 0.706. The molecule has 0 aromatic rings. The summed E-state index contributed by atoms with van der Waals surface area (Å²) in [6, 6.07) is 0. The lowest BCUT2D eigenvalue weighted by Gasteiger charge is -2.28. The molecule has 0 aliphatic heterocycles. The molecule has 0 aromatic heterocycles. The van der Waals surface area contributed by atoms with Crippen LogP contribution in [0.5, 0.6) is 0 Å². The average Bonchev–Trinajstić information content (AvgIpc) is 2.30. The maximum absolute atomic E-state index is 2.42. The molecule has 0 nitrogen and oxygen atoms in total. The van der Waals surface area contributed by atoms with E-state index in [1.54, 1.807) is 11.1 Å². The third-order valence-electron chi connectivity index (χ3n) is 3.91. The van der Waals surface area contributed by atoms with Crippen molar-refractivity contribution < 1.29 is 0 Å². The first kappa shape index (κ1) is 10.0. The number of hydrogen-bond donors (Lipinski definition) is 0. The molecule has 14 heavy (non-hydrogen) atoms. The van der Waals surface area contributed by atoms with Crippen LogP contribution < -0.4 is 0 Å². The average molecular weight is 190 g/mol. The van der Waals surface area contributed by atoms with Crippen LogP contribution in [0.2, 0.25) is 0 Å². The lowest BCUT2D eigenvalue weighted by atomic mass is 9.78. The van der Waals surface area contributed by atoms with Crippen LogP contribution in [-0.4, -0.2) is 0 Å². The highest BCUT2D eigenvalue weighted by Crippen LogP contribution is 2.39. The molecule has 0 bridgehead atoms. The molecular weight excluding hydrogens is 168 g/mol. The maximum Gasteiger partial charge on any atom is -0.00488 e. The minimum absolute atomic E-state index is 0.706. The van der Waals surface area contributed by atoms with Gasteiger partial charge >= 0.3 is 0 Å². The summed E-state index contributed by atoms with van der Waals surface area (Å²) in [5.74, 6) is 2.31. The number of allylic oxidation sites excluding steroid dienone is 4. The van der Waals surface area contributed by atoms with Crippen LogP contribution in [-0.2, 0) is 0 Å². The molecule has 2 aliphatic carbocycles. The van der Waals surface area contributed by atoms with Gasteiger partial charge in [0.25, 0.3) is 0 Å². The van der Waals surface area contributed by atoms with Crippen LogP contribution in [0.25, 0.3) is 0 Å². The monoisotopic (exact) mass is 190 g/mol. The Morgan fingerprint density at radius 1 is 1.07 bits per heavy atom. The molecule has 0 spiro atoms. The molecule has 3 unspecified atom stereocenters. The Balaban J connectivity index is 2.32. The summed E-state index contributed by atoms with van der Waals surface area (Å²) in [5.41, 5.74) is 3.56. The van der Waals surface area contributed by atoms with Gasteiger partial charge in [0.15, 0.2) is 0 Å². The SMILES string of the molecule is CC1C=CC(C)C2=C(C1)C(C)CCC2. The largest absolute Gasteiger partial charge is 0.0848 e. The second-order valence-corrected chi connectivity index (χ2v) is 5.20. The van der Waals surface area contributed by atoms with Crippen LogP contribution in [0.15, 0.2) is 23.3 Å². The fourth-order valence-electron chi connectivity index (χ4n) is 2.99. The highest BCUT2D eigenvalue weighted by atomic mass is 14.3. The van der Waals surface area contributed by atoms with Gasteiger partial charge < -0.3 is 0 Å². The van der Waals surface area contributed by atoms with Crippen molar-refractivity contribution in [1.29, 1.82) is 0 Å². The van der Waals surface area contributed by atoms with E-state index in [-0.39, 0.29) is 0 Å². The zero-order chi connectivity index (χ0) is 10.1. The Labute approximate surface area is 88.1 Å². The predicted octanol–water partition coefficient (Wildman–Crippen LogP) is 4.34.